The van der Waals surface area contributed by atoms with Crippen molar-refractivity contribution >= 4 is 46.5 Å². The molecule has 0 aromatic heterocycles. The molecule has 0 spiro atoms. The first kappa shape index (κ1) is 19.5. The molecule has 4 nitrogen and oxygen atoms in total. The highest BCUT2D eigenvalue weighted by atomic mass is 35.5. The van der Waals surface area contributed by atoms with E-state index in [0.717, 1.165) is 21.2 Å². The third kappa shape index (κ3) is 3.98. The Balaban J connectivity index is 1.51. The summed E-state index contributed by atoms with van der Waals surface area (Å²) in [5, 5.41) is 3.50. The Labute approximate surface area is 189 Å². The number of fused-ring (bicyclic) bond motifs is 2. The van der Waals surface area contributed by atoms with Crippen molar-refractivity contribution in [3.63, 3.8) is 0 Å². The molecule has 4 aromatic carbocycles. The summed E-state index contributed by atoms with van der Waals surface area (Å²) in [6.07, 6.45) is 0. The van der Waals surface area contributed by atoms with E-state index in [4.69, 9.17) is 16.3 Å². The smallest absolute Gasteiger partial charge is 0.331 e. The highest BCUT2D eigenvalue weighted by molar-refractivity contribution is 7.99. The Bertz CT molecular complexity index is 1220. The summed E-state index contributed by atoms with van der Waals surface area (Å²) >= 11 is 7.88. The lowest BCUT2D eigenvalue weighted by Gasteiger charge is -2.31. The van der Waals surface area contributed by atoms with Crippen LogP contribution in [-0.2, 0) is 0 Å². The maximum Gasteiger partial charge on any atom is 0.331 e. The van der Waals surface area contributed by atoms with E-state index in [1.54, 1.807) is 34.9 Å². The van der Waals surface area contributed by atoms with Crippen molar-refractivity contribution in [1.29, 1.82) is 0 Å². The van der Waals surface area contributed by atoms with Gasteiger partial charge in [0, 0.05) is 14.8 Å². The Hall–Kier alpha value is -3.41. The van der Waals surface area contributed by atoms with Crippen LogP contribution in [-0.4, -0.2) is 6.03 Å². The lowest BCUT2D eigenvalue weighted by atomic mass is 10.2. The molecule has 6 heteroatoms. The van der Waals surface area contributed by atoms with Crippen molar-refractivity contribution in [3.8, 4) is 11.5 Å². The van der Waals surface area contributed by atoms with Gasteiger partial charge in [-0.2, -0.15) is 0 Å². The van der Waals surface area contributed by atoms with E-state index in [1.807, 2.05) is 78.9 Å². The largest absolute Gasteiger partial charge is 0.455 e. The van der Waals surface area contributed by atoms with Crippen LogP contribution in [0.15, 0.2) is 107 Å². The fourth-order valence-electron chi connectivity index (χ4n) is 3.40. The van der Waals surface area contributed by atoms with Crippen molar-refractivity contribution in [2.24, 2.45) is 0 Å². The molecule has 0 radical (unpaired) electrons. The average Bonchev–Trinajstić information content (AvgIpc) is 2.80. The third-order valence-corrected chi connectivity index (χ3v) is 6.15. The van der Waals surface area contributed by atoms with Crippen LogP contribution in [0.5, 0.6) is 11.5 Å². The zero-order chi connectivity index (χ0) is 21.2. The van der Waals surface area contributed by atoms with Gasteiger partial charge < -0.3 is 10.1 Å². The average molecular weight is 445 g/mol. The lowest BCUT2D eigenvalue weighted by Crippen LogP contribution is -2.32. The van der Waals surface area contributed by atoms with Gasteiger partial charge in [0.25, 0.3) is 0 Å². The van der Waals surface area contributed by atoms with Crippen LogP contribution < -0.4 is 15.0 Å². The summed E-state index contributed by atoms with van der Waals surface area (Å²) in [7, 11) is 0. The van der Waals surface area contributed by atoms with Gasteiger partial charge in [-0.1, -0.05) is 65.8 Å². The monoisotopic (exact) mass is 444 g/mol. The van der Waals surface area contributed by atoms with Crippen LogP contribution >= 0.6 is 23.4 Å². The van der Waals surface area contributed by atoms with Crippen LogP contribution in [0.1, 0.15) is 0 Å². The number of halogens is 1. The Kier molecular flexibility index (Phi) is 5.28. The van der Waals surface area contributed by atoms with E-state index in [1.165, 1.54) is 0 Å². The van der Waals surface area contributed by atoms with Gasteiger partial charge in [0.2, 0.25) is 0 Å². The van der Waals surface area contributed by atoms with Crippen LogP contribution in [0.3, 0.4) is 0 Å². The van der Waals surface area contributed by atoms with Crippen molar-refractivity contribution in [2.45, 2.75) is 9.79 Å². The molecule has 1 N–H and O–H groups in total. The van der Waals surface area contributed by atoms with Crippen molar-refractivity contribution in [1.82, 2.24) is 0 Å². The van der Waals surface area contributed by atoms with Crippen molar-refractivity contribution < 1.29 is 9.53 Å². The number of nitrogens with one attached hydrogen (secondary N) is 1. The highest BCUT2D eigenvalue weighted by Gasteiger charge is 2.28. The molecule has 0 atom stereocenters. The minimum Gasteiger partial charge on any atom is -0.455 e. The van der Waals surface area contributed by atoms with Crippen LogP contribution in [0.4, 0.5) is 21.9 Å². The highest BCUT2D eigenvalue weighted by Crippen LogP contribution is 2.48. The van der Waals surface area contributed by atoms with Gasteiger partial charge >= 0.3 is 6.03 Å². The molecule has 1 aliphatic heterocycles. The zero-order valence-corrected chi connectivity index (χ0v) is 17.9. The number of ether oxygens (including phenoxy) is 1. The molecule has 5 rings (SSSR count). The van der Waals surface area contributed by atoms with Crippen molar-refractivity contribution in [3.05, 3.63) is 102 Å². The first-order chi connectivity index (χ1) is 15.2. The lowest BCUT2D eigenvalue weighted by molar-refractivity contribution is 0.258. The van der Waals surface area contributed by atoms with Gasteiger partial charge in [-0.3, -0.25) is 4.90 Å². The third-order valence-electron chi connectivity index (χ3n) is 4.79. The van der Waals surface area contributed by atoms with Gasteiger partial charge in [-0.25, -0.2) is 4.79 Å². The molecule has 0 saturated heterocycles. The molecular weight excluding hydrogens is 428 g/mol. The number of rotatable bonds is 3. The Morgan fingerprint density at radius 2 is 1.42 bits per heavy atom. The maximum absolute atomic E-state index is 13.5. The van der Waals surface area contributed by atoms with E-state index in [0.29, 0.717) is 22.2 Å². The molecule has 152 valence electrons. The van der Waals surface area contributed by atoms with E-state index >= 15 is 0 Å². The minimum absolute atomic E-state index is 0.291. The molecule has 0 saturated carbocycles. The molecule has 0 aliphatic carbocycles. The molecule has 0 bridgehead atoms. The number of anilines is 3. The Morgan fingerprint density at radius 3 is 2.10 bits per heavy atom. The van der Waals surface area contributed by atoms with Gasteiger partial charge in [0.05, 0.1) is 17.1 Å². The van der Waals surface area contributed by atoms with E-state index in [2.05, 4.69) is 5.32 Å². The summed E-state index contributed by atoms with van der Waals surface area (Å²) < 4.78 is 6.00. The number of hydrogen-bond donors (Lipinski definition) is 1. The topological polar surface area (TPSA) is 41.6 Å². The Morgan fingerprint density at radius 1 is 0.806 bits per heavy atom. The second-order valence-corrected chi connectivity index (χ2v) is 8.38. The summed E-state index contributed by atoms with van der Waals surface area (Å²) in [6, 6.07) is 30.0. The van der Waals surface area contributed by atoms with Gasteiger partial charge in [0.15, 0.2) is 5.75 Å². The van der Waals surface area contributed by atoms with Gasteiger partial charge in [-0.05, 0) is 54.6 Å². The number of nitrogens with zero attached hydrogens (tertiary/aromatic N) is 1. The van der Waals surface area contributed by atoms with Crippen LogP contribution in [0.2, 0.25) is 5.02 Å². The van der Waals surface area contributed by atoms with E-state index in [9.17, 15) is 4.79 Å². The quantitative estimate of drug-likeness (QED) is 0.348. The first-order valence-corrected chi connectivity index (χ1v) is 10.9. The molecule has 1 heterocycles. The van der Waals surface area contributed by atoms with Crippen LogP contribution in [0, 0.1) is 0 Å². The number of hydrogen-bond acceptors (Lipinski definition) is 3. The minimum atomic E-state index is -0.291. The van der Waals surface area contributed by atoms with Crippen LogP contribution in [0.25, 0.3) is 0 Å². The predicted octanol–water partition coefficient (Wildman–Crippen LogP) is 7.97. The summed E-state index contributed by atoms with van der Waals surface area (Å²) in [5.41, 5.74) is 2.15. The van der Waals surface area contributed by atoms with Gasteiger partial charge in [-0.15, -0.1) is 0 Å². The standard InChI is InChI=1S/C25H17ClN2O2S/c26-17-14-15-22(30-18-8-2-1-3-9-18)19(16-17)27-25(29)28-20-10-4-6-12-23(20)31-24-13-7-5-11-21(24)28/h1-16H,(H,27,29). The fourth-order valence-corrected chi connectivity index (χ4v) is 4.63. The van der Waals surface area contributed by atoms with Crippen molar-refractivity contribution in [2.75, 3.05) is 10.2 Å². The second kappa shape index (κ2) is 8.38. The molecule has 4 aromatic rings. The van der Waals surface area contributed by atoms with Gasteiger partial charge in [0.1, 0.15) is 5.75 Å². The summed E-state index contributed by atoms with van der Waals surface area (Å²) in [6.45, 7) is 0. The molecule has 2 amide bonds. The number of carbonyl (C=O) groups is 1. The maximum atomic E-state index is 13.5. The molecule has 0 fully saturated rings. The second-order valence-electron chi connectivity index (χ2n) is 6.86. The molecule has 31 heavy (non-hydrogen) atoms. The summed E-state index contributed by atoms with van der Waals surface area (Å²) in [4.78, 5) is 17.2. The SMILES string of the molecule is O=C(Nc1cc(Cl)ccc1Oc1ccccc1)N1c2ccccc2Sc2ccccc21. The number of urea groups is 1. The normalized spacial score (nSPS) is 12.0. The number of amides is 2. The van der Waals surface area contributed by atoms with E-state index in [-0.39, 0.29) is 6.03 Å². The number of benzene rings is 4. The predicted molar refractivity (Wildman–Crippen MR) is 126 cm³/mol. The zero-order valence-electron chi connectivity index (χ0n) is 16.3. The number of para-hydroxylation sites is 3. The number of carbonyl (C=O) groups excluding carboxylic acids is 1. The molecule has 1 aliphatic rings. The summed E-state index contributed by atoms with van der Waals surface area (Å²) in [5.74, 6) is 1.18. The fraction of sp³-hybridized carbons (Fsp3) is 0. The van der Waals surface area contributed by atoms with E-state index < -0.39 is 0 Å². The molecule has 0 unspecified atom stereocenters. The first-order valence-electron chi connectivity index (χ1n) is 9.68. The molecular formula is C25H17ClN2O2S.